The summed E-state index contributed by atoms with van der Waals surface area (Å²) in [6.45, 7) is 2.34. The van der Waals surface area contributed by atoms with Crippen LogP contribution in [-0.2, 0) is 9.53 Å². The van der Waals surface area contributed by atoms with Gasteiger partial charge in [0, 0.05) is 19.7 Å². The molecule has 2 aliphatic rings. The van der Waals surface area contributed by atoms with Crippen molar-refractivity contribution in [2.75, 3.05) is 46.8 Å². The van der Waals surface area contributed by atoms with Gasteiger partial charge >= 0.3 is 0 Å². The van der Waals surface area contributed by atoms with E-state index in [2.05, 4.69) is 10.6 Å². The Kier molecular flexibility index (Phi) is 6.18. The number of nitrogens with one attached hydrogen (secondary N) is 2. The highest BCUT2D eigenvalue weighted by Crippen LogP contribution is 2.35. The number of ether oxygens (including phenoxy) is 4. The molecule has 1 unspecified atom stereocenters. The van der Waals surface area contributed by atoms with Crippen molar-refractivity contribution in [3.8, 4) is 17.2 Å². The quantitative estimate of drug-likeness (QED) is 0.608. The van der Waals surface area contributed by atoms with Crippen LogP contribution >= 0.6 is 0 Å². The van der Waals surface area contributed by atoms with Crippen molar-refractivity contribution in [2.45, 2.75) is 18.9 Å². The molecular weight excluding hydrogens is 340 g/mol. The van der Waals surface area contributed by atoms with Crippen LogP contribution < -0.4 is 24.8 Å². The topological polar surface area (TPSA) is 98.3 Å². The highest BCUT2D eigenvalue weighted by Gasteiger charge is 2.39. The maximum Gasteiger partial charge on any atom is 0.231 e. The predicted molar refractivity (Wildman–Crippen MR) is 93.5 cm³/mol. The molecule has 0 aliphatic carbocycles. The lowest BCUT2D eigenvalue weighted by Crippen LogP contribution is -2.51. The number of piperidine rings is 1. The van der Waals surface area contributed by atoms with E-state index in [0.29, 0.717) is 23.9 Å². The molecule has 0 spiro atoms. The number of aliphatic hydroxyl groups excluding tert-OH is 1. The van der Waals surface area contributed by atoms with Crippen molar-refractivity contribution in [1.29, 1.82) is 0 Å². The molecule has 0 bridgehead atoms. The second-order valence-electron chi connectivity index (χ2n) is 6.65. The predicted octanol–water partition coefficient (Wildman–Crippen LogP) is 0.287. The Morgan fingerprint density at radius 2 is 2.12 bits per heavy atom. The fourth-order valence-corrected chi connectivity index (χ4v) is 3.23. The Bertz CT molecular complexity index is 612. The first kappa shape index (κ1) is 18.8. The van der Waals surface area contributed by atoms with Gasteiger partial charge in [0.2, 0.25) is 12.7 Å². The van der Waals surface area contributed by atoms with Crippen molar-refractivity contribution in [3.05, 3.63) is 18.2 Å². The second kappa shape index (κ2) is 8.57. The maximum atomic E-state index is 12.6. The lowest BCUT2D eigenvalue weighted by Gasteiger charge is -2.35. The molecule has 1 amide bonds. The Balaban J connectivity index is 1.45. The molecule has 2 heterocycles. The standard InChI is InChI=1S/C18H26N2O6/c1-23-11-18(4-6-19-7-5-18)17(22)20-9-13(21)10-24-14-2-3-15-16(8-14)26-12-25-15/h2-3,8,13,19,21H,4-7,9-12H2,1H3,(H,20,22). The van der Waals surface area contributed by atoms with Crippen molar-refractivity contribution >= 4 is 5.91 Å². The number of carbonyl (C=O) groups is 1. The molecule has 1 aromatic carbocycles. The van der Waals surface area contributed by atoms with E-state index >= 15 is 0 Å². The van der Waals surface area contributed by atoms with Gasteiger partial charge in [-0.1, -0.05) is 0 Å². The van der Waals surface area contributed by atoms with E-state index in [1.165, 1.54) is 0 Å². The van der Waals surface area contributed by atoms with Crippen LogP contribution in [0.15, 0.2) is 18.2 Å². The van der Waals surface area contributed by atoms with Gasteiger partial charge in [0.15, 0.2) is 11.5 Å². The molecule has 0 aromatic heterocycles. The van der Waals surface area contributed by atoms with Gasteiger partial charge in [-0.2, -0.15) is 0 Å². The second-order valence-corrected chi connectivity index (χ2v) is 6.65. The molecule has 3 rings (SSSR count). The van der Waals surface area contributed by atoms with Crippen LogP contribution in [0.3, 0.4) is 0 Å². The van der Waals surface area contributed by atoms with E-state index in [1.807, 2.05) is 0 Å². The molecule has 26 heavy (non-hydrogen) atoms. The molecule has 1 aromatic rings. The molecule has 3 N–H and O–H groups in total. The normalized spacial score (nSPS) is 19.0. The first-order valence-electron chi connectivity index (χ1n) is 8.81. The number of amides is 1. The van der Waals surface area contributed by atoms with Crippen LogP contribution in [0, 0.1) is 5.41 Å². The molecule has 0 saturated carbocycles. The highest BCUT2D eigenvalue weighted by atomic mass is 16.7. The van der Waals surface area contributed by atoms with Gasteiger partial charge < -0.3 is 34.7 Å². The third-order valence-electron chi connectivity index (χ3n) is 4.75. The van der Waals surface area contributed by atoms with Crippen LogP contribution in [0.2, 0.25) is 0 Å². The maximum absolute atomic E-state index is 12.6. The van der Waals surface area contributed by atoms with Crippen LogP contribution in [0.25, 0.3) is 0 Å². The summed E-state index contributed by atoms with van der Waals surface area (Å²) in [5, 5.41) is 16.2. The van der Waals surface area contributed by atoms with E-state index in [4.69, 9.17) is 18.9 Å². The summed E-state index contributed by atoms with van der Waals surface area (Å²) in [4.78, 5) is 12.6. The van der Waals surface area contributed by atoms with E-state index in [-0.39, 0.29) is 25.9 Å². The van der Waals surface area contributed by atoms with Gasteiger partial charge in [-0.05, 0) is 38.1 Å². The molecule has 1 fully saturated rings. The number of rotatable bonds is 8. The van der Waals surface area contributed by atoms with Crippen LogP contribution in [-0.4, -0.2) is 63.9 Å². The molecule has 1 saturated heterocycles. The molecule has 0 radical (unpaired) electrons. The minimum absolute atomic E-state index is 0.0682. The molecule has 8 heteroatoms. The summed E-state index contributed by atoms with van der Waals surface area (Å²) >= 11 is 0. The number of hydrogen-bond donors (Lipinski definition) is 3. The fourth-order valence-electron chi connectivity index (χ4n) is 3.23. The van der Waals surface area contributed by atoms with Crippen LogP contribution in [0.1, 0.15) is 12.8 Å². The Morgan fingerprint density at radius 3 is 2.88 bits per heavy atom. The Morgan fingerprint density at radius 1 is 1.35 bits per heavy atom. The summed E-state index contributed by atoms with van der Waals surface area (Å²) in [5.41, 5.74) is -0.530. The molecule has 1 atom stereocenters. The number of aliphatic hydroxyl groups is 1. The molecular formula is C18H26N2O6. The number of fused-ring (bicyclic) bond motifs is 1. The number of benzene rings is 1. The lowest BCUT2D eigenvalue weighted by atomic mass is 9.78. The van der Waals surface area contributed by atoms with Gasteiger partial charge in [0.1, 0.15) is 18.5 Å². The summed E-state index contributed by atoms with van der Waals surface area (Å²) in [7, 11) is 1.60. The van der Waals surface area contributed by atoms with Crippen molar-refractivity contribution in [2.24, 2.45) is 5.41 Å². The summed E-state index contributed by atoms with van der Waals surface area (Å²) < 4.78 is 21.4. The Labute approximate surface area is 152 Å². The zero-order valence-corrected chi connectivity index (χ0v) is 15.0. The van der Waals surface area contributed by atoms with Gasteiger partial charge in [0.25, 0.3) is 0 Å². The number of carbonyl (C=O) groups excluding carboxylic acids is 1. The zero-order chi connectivity index (χ0) is 18.4. The fraction of sp³-hybridized carbons (Fsp3) is 0.611. The van der Waals surface area contributed by atoms with Gasteiger partial charge in [-0.15, -0.1) is 0 Å². The third-order valence-corrected chi connectivity index (χ3v) is 4.75. The van der Waals surface area contributed by atoms with Gasteiger partial charge in [0.05, 0.1) is 12.0 Å². The van der Waals surface area contributed by atoms with Crippen molar-refractivity contribution in [1.82, 2.24) is 10.6 Å². The van der Waals surface area contributed by atoms with Crippen LogP contribution in [0.5, 0.6) is 17.2 Å². The van der Waals surface area contributed by atoms with E-state index in [1.54, 1.807) is 25.3 Å². The average molecular weight is 366 g/mol. The monoisotopic (exact) mass is 366 g/mol. The summed E-state index contributed by atoms with van der Waals surface area (Å²) in [6.07, 6.45) is 0.623. The first-order valence-corrected chi connectivity index (χ1v) is 8.81. The van der Waals surface area contributed by atoms with E-state index in [0.717, 1.165) is 25.9 Å². The van der Waals surface area contributed by atoms with Crippen LogP contribution in [0.4, 0.5) is 0 Å². The van der Waals surface area contributed by atoms with Crippen molar-refractivity contribution in [3.63, 3.8) is 0 Å². The largest absolute Gasteiger partial charge is 0.491 e. The summed E-state index contributed by atoms with van der Waals surface area (Å²) in [6, 6.07) is 5.23. The lowest BCUT2D eigenvalue weighted by molar-refractivity contribution is -0.136. The highest BCUT2D eigenvalue weighted by molar-refractivity contribution is 5.83. The molecule has 2 aliphatic heterocycles. The zero-order valence-electron chi connectivity index (χ0n) is 15.0. The average Bonchev–Trinajstić information content (AvgIpc) is 3.13. The van der Waals surface area contributed by atoms with E-state index in [9.17, 15) is 9.90 Å². The number of hydrogen-bond acceptors (Lipinski definition) is 7. The minimum Gasteiger partial charge on any atom is -0.491 e. The first-order chi connectivity index (χ1) is 12.6. The molecule has 144 valence electrons. The van der Waals surface area contributed by atoms with Crippen molar-refractivity contribution < 1.29 is 28.8 Å². The molecule has 8 nitrogen and oxygen atoms in total. The third kappa shape index (κ3) is 4.38. The summed E-state index contributed by atoms with van der Waals surface area (Å²) in [5.74, 6) is 1.80. The Hall–Kier alpha value is -2.03. The SMILES string of the molecule is COCC1(C(=O)NCC(O)COc2ccc3c(c2)OCO3)CCNCC1. The van der Waals surface area contributed by atoms with E-state index < -0.39 is 11.5 Å². The smallest absolute Gasteiger partial charge is 0.231 e. The van der Waals surface area contributed by atoms with Gasteiger partial charge in [-0.25, -0.2) is 0 Å². The number of methoxy groups -OCH3 is 1. The van der Waals surface area contributed by atoms with Gasteiger partial charge in [-0.3, -0.25) is 4.79 Å². The minimum atomic E-state index is -0.814.